The zero-order chi connectivity index (χ0) is 17.3. The molecule has 0 unspecified atom stereocenters. The van der Waals surface area contributed by atoms with Crippen molar-refractivity contribution < 1.29 is 0 Å². The van der Waals surface area contributed by atoms with Gasteiger partial charge in [0.15, 0.2) is 0 Å². The van der Waals surface area contributed by atoms with Crippen molar-refractivity contribution in [2.75, 3.05) is 13.1 Å². The first-order chi connectivity index (χ1) is 12.9. The van der Waals surface area contributed by atoms with E-state index in [4.69, 9.17) is 0 Å². The number of rotatable bonds is 3. The molecule has 0 aliphatic carbocycles. The summed E-state index contributed by atoms with van der Waals surface area (Å²) in [4.78, 5) is 14.8. The van der Waals surface area contributed by atoms with E-state index >= 15 is 0 Å². The van der Waals surface area contributed by atoms with Crippen LogP contribution in [0.5, 0.6) is 0 Å². The minimum absolute atomic E-state index is 0.624. The summed E-state index contributed by atoms with van der Waals surface area (Å²) in [6.07, 6.45) is 8.34. The van der Waals surface area contributed by atoms with Crippen molar-refractivity contribution in [1.82, 2.24) is 19.9 Å². The van der Waals surface area contributed by atoms with Crippen LogP contribution in [0.15, 0.2) is 61.1 Å². The minimum atomic E-state index is 0.624. The maximum absolute atomic E-state index is 4.48. The topological polar surface area (TPSA) is 44.8 Å². The van der Waals surface area contributed by atoms with Crippen LogP contribution in [0.4, 0.5) is 0 Å². The van der Waals surface area contributed by atoms with Gasteiger partial charge in [0, 0.05) is 35.9 Å². The Morgan fingerprint density at radius 2 is 1.77 bits per heavy atom. The van der Waals surface area contributed by atoms with Crippen molar-refractivity contribution in [2.45, 2.75) is 25.3 Å². The molecule has 1 N–H and O–H groups in total. The van der Waals surface area contributed by atoms with Crippen LogP contribution in [-0.2, 0) is 6.54 Å². The van der Waals surface area contributed by atoms with Gasteiger partial charge in [-0.05, 0) is 67.2 Å². The van der Waals surface area contributed by atoms with Gasteiger partial charge in [-0.25, -0.2) is 4.98 Å². The van der Waals surface area contributed by atoms with Crippen LogP contribution in [0.1, 0.15) is 29.9 Å². The van der Waals surface area contributed by atoms with E-state index in [2.05, 4.69) is 62.4 Å². The van der Waals surface area contributed by atoms with E-state index in [-0.39, 0.29) is 0 Å². The van der Waals surface area contributed by atoms with Gasteiger partial charge in [-0.2, -0.15) is 0 Å². The molecular formula is C22H22N4. The molecule has 130 valence electrons. The van der Waals surface area contributed by atoms with E-state index < -0.39 is 0 Å². The second kappa shape index (κ2) is 6.54. The molecule has 0 spiro atoms. The van der Waals surface area contributed by atoms with Gasteiger partial charge in [0.2, 0.25) is 0 Å². The van der Waals surface area contributed by atoms with Gasteiger partial charge in [0.1, 0.15) is 5.65 Å². The summed E-state index contributed by atoms with van der Waals surface area (Å²) < 4.78 is 0. The molecule has 0 atom stereocenters. The molecule has 5 rings (SSSR count). The normalized spacial score (nSPS) is 16.5. The summed E-state index contributed by atoms with van der Waals surface area (Å²) in [5.74, 6) is 0.624. The lowest BCUT2D eigenvalue weighted by Crippen LogP contribution is -2.32. The van der Waals surface area contributed by atoms with Crippen molar-refractivity contribution in [2.24, 2.45) is 0 Å². The number of H-pyrrole nitrogens is 1. The maximum Gasteiger partial charge on any atom is 0.137 e. The molecule has 4 heteroatoms. The number of nitrogens with one attached hydrogen (secondary N) is 1. The molecule has 1 aliphatic heterocycles. The van der Waals surface area contributed by atoms with Gasteiger partial charge in [0.25, 0.3) is 0 Å². The fraction of sp³-hybridized carbons (Fsp3) is 0.273. The predicted octanol–water partition coefficient (Wildman–Crippen LogP) is 4.49. The van der Waals surface area contributed by atoms with Crippen LogP contribution >= 0.6 is 0 Å². The number of likely N-dealkylation sites (tertiary alicyclic amines) is 1. The highest BCUT2D eigenvalue weighted by Gasteiger charge is 2.23. The Balaban J connectivity index is 1.31. The van der Waals surface area contributed by atoms with Crippen LogP contribution < -0.4 is 0 Å². The molecule has 0 bridgehead atoms. The summed E-state index contributed by atoms with van der Waals surface area (Å²) >= 11 is 0. The van der Waals surface area contributed by atoms with Crippen molar-refractivity contribution >= 4 is 21.9 Å². The number of benzene rings is 1. The highest BCUT2D eigenvalue weighted by molar-refractivity contribution is 5.82. The van der Waals surface area contributed by atoms with Gasteiger partial charge >= 0.3 is 0 Å². The summed E-state index contributed by atoms with van der Waals surface area (Å²) in [7, 11) is 0. The number of nitrogens with zero attached hydrogens (tertiary/aromatic N) is 3. The Morgan fingerprint density at radius 3 is 2.69 bits per heavy atom. The quantitative estimate of drug-likeness (QED) is 0.596. The van der Waals surface area contributed by atoms with Gasteiger partial charge in [-0.3, -0.25) is 9.88 Å². The SMILES string of the molecule is c1ccc2c(CN3CCC(c4c[nH]c5ncccc45)CC3)ccnc2c1. The van der Waals surface area contributed by atoms with Crippen molar-refractivity contribution in [3.63, 3.8) is 0 Å². The van der Waals surface area contributed by atoms with E-state index in [9.17, 15) is 0 Å². The Hall–Kier alpha value is -2.72. The number of aromatic nitrogens is 3. The lowest BCUT2D eigenvalue weighted by molar-refractivity contribution is 0.205. The number of para-hydroxylation sites is 1. The molecule has 3 aromatic heterocycles. The number of aromatic amines is 1. The molecule has 4 nitrogen and oxygen atoms in total. The highest BCUT2D eigenvalue weighted by Crippen LogP contribution is 2.33. The smallest absolute Gasteiger partial charge is 0.137 e. The Morgan fingerprint density at radius 1 is 0.923 bits per heavy atom. The van der Waals surface area contributed by atoms with Gasteiger partial charge in [0.05, 0.1) is 5.52 Å². The Kier molecular flexibility index (Phi) is 3.91. The molecule has 1 aliphatic rings. The average molecular weight is 342 g/mol. The zero-order valence-corrected chi connectivity index (χ0v) is 14.7. The van der Waals surface area contributed by atoms with Crippen LogP contribution in [0, 0.1) is 0 Å². The van der Waals surface area contributed by atoms with Crippen molar-refractivity contribution in [3.05, 3.63) is 72.2 Å². The third-order valence-corrected chi connectivity index (χ3v) is 5.64. The van der Waals surface area contributed by atoms with E-state index in [1.807, 2.05) is 18.5 Å². The second-order valence-corrected chi connectivity index (χ2v) is 7.18. The molecule has 1 fully saturated rings. The molecule has 0 saturated carbocycles. The fourth-order valence-electron chi connectivity index (χ4n) is 4.25. The first kappa shape index (κ1) is 15.5. The van der Waals surface area contributed by atoms with E-state index in [0.29, 0.717) is 5.92 Å². The molecule has 0 amide bonds. The molecule has 4 heterocycles. The fourth-order valence-corrected chi connectivity index (χ4v) is 4.25. The molecule has 1 saturated heterocycles. The highest BCUT2D eigenvalue weighted by atomic mass is 15.1. The first-order valence-electron chi connectivity index (χ1n) is 9.35. The van der Waals surface area contributed by atoms with Crippen molar-refractivity contribution in [3.8, 4) is 0 Å². The lowest BCUT2D eigenvalue weighted by atomic mass is 9.89. The second-order valence-electron chi connectivity index (χ2n) is 7.18. The third kappa shape index (κ3) is 2.76. The zero-order valence-electron chi connectivity index (χ0n) is 14.7. The summed E-state index contributed by atoms with van der Waals surface area (Å²) in [6.45, 7) is 3.27. The van der Waals surface area contributed by atoms with Crippen LogP contribution in [0.25, 0.3) is 21.9 Å². The van der Waals surface area contributed by atoms with E-state index in [0.717, 1.165) is 30.8 Å². The summed E-state index contributed by atoms with van der Waals surface area (Å²) in [6, 6.07) is 14.8. The number of piperidine rings is 1. The molecule has 4 aromatic rings. The summed E-state index contributed by atoms with van der Waals surface area (Å²) in [5, 5.41) is 2.56. The monoisotopic (exact) mass is 342 g/mol. The van der Waals surface area contributed by atoms with E-state index in [1.165, 1.54) is 34.7 Å². The molecule has 1 aromatic carbocycles. The largest absolute Gasteiger partial charge is 0.346 e. The predicted molar refractivity (Wildman–Crippen MR) is 105 cm³/mol. The van der Waals surface area contributed by atoms with Gasteiger partial charge in [-0.1, -0.05) is 18.2 Å². The van der Waals surface area contributed by atoms with Crippen LogP contribution in [0.2, 0.25) is 0 Å². The third-order valence-electron chi connectivity index (χ3n) is 5.64. The summed E-state index contributed by atoms with van der Waals surface area (Å²) in [5.41, 5.74) is 4.91. The number of hydrogen-bond donors (Lipinski definition) is 1. The number of pyridine rings is 2. The first-order valence-corrected chi connectivity index (χ1v) is 9.35. The molecule has 0 radical (unpaired) electrons. The van der Waals surface area contributed by atoms with Crippen LogP contribution in [0.3, 0.4) is 0 Å². The van der Waals surface area contributed by atoms with E-state index in [1.54, 1.807) is 0 Å². The Bertz CT molecular complexity index is 1040. The van der Waals surface area contributed by atoms with Crippen LogP contribution in [-0.4, -0.2) is 32.9 Å². The number of fused-ring (bicyclic) bond motifs is 2. The lowest BCUT2D eigenvalue weighted by Gasteiger charge is -2.32. The van der Waals surface area contributed by atoms with Gasteiger partial charge < -0.3 is 4.98 Å². The Labute approximate surface area is 152 Å². The maximum atomic E-state index is 4.48. The standard InChI is InChI=1S/C22H22N4/c1-2-6-21-18(4-1)17(7-11-23-21)15-26-12-8-16(9-13-26)20-14-25-22-19(20)5-3-10-24-22/h1-7,10-11,14,16H,8-9,12-13,15H2,(H,24,25). The average Bonchev–Trinajstić information content (AvgIpc) is 3.13. The number of hydrogen-bond acceptors (Lipinski definition) is 3. The molecular weight excluding hydrogens is 320 g/mol. The van der Waals surface area contributed by atoms with Gasteiger partial charge in [-0.15, -0.1) is 0 Å². The molecule has 26 heavy (non-hydrogen) atoms. The minimum Gasteiger partial charge on any atom is -0.346 e. The van der Waals surface area contributed by atoms with Crippen molar-refractivity contribution in [1.29, 1.82) is 0 Å².